The number of carbonyl (C=O) groups excluding carboxylic acids is 2. The maximum atomic E-state index is 13.1. The second-order valence-corrected chi connectivity index (χ2v) is 8.77. The monoisotopic (exact) mass is 457 g/mol. The zero-order valence-corrected chi connectivity index (χ0v) is 19.7. The third-order valence-corrected chi connectivity index (χ3v) is 5.74. The number of aryl methyl sites for hydroxylation is 1. The molecular formula is C25H30ClN2O4+. The van der Waals surface area contributed by atoms with Crippen LogP contribution in [-0.4, -0.2) is 55.5 Å². The number of carbonyl (C=O) groups is 2. The van der Waals surface area contributed by atoms with Gasteiger partial charge >= 0.3 is 0 Å². The standard InChI is InChI=1S/C25H29ClN2O4/c1-5-14-32-20-11-8-18(15-16(20)2)23(29)21-22(17-6-9-19(26)10-7-17)28(13-12-27(3)4)25(31)24(21)30/h6-11,15,22,29H,5,12-14H2,1-4H3/p+1/t22-/m1/s1. The summed E-state index contributed by atoms with van der Waals surface area (Å²) in [6.45, 7) is 5.57. The zero-order valence-electron chi connectivity index (χ0n) is 18.9. The molecule has 1 atom stereocenters. The fourth-order valence-electron chi connectivity index (χ4n) is 3.77. The number of rotatable bonds is 8. The average molecular weight is 458 g/mol. The maximum Gasteiger partial charge on any atom is 0.295 e. The van der Waals surface area contributed by atoms with E-state index in [0.29, 0.717) is 30.3 Å². The number of likely N-dealkylation sites (tertiary alicyclic amines) is 1. The lowest BCUT2D eigenvalue weighted by Crippen LogP contribution is -3.06. The predicted molar refractivity (Wildman–Crippen MR) is 125 cm³/mol. The Morgan fingerprint density at radius 1 is 1.16 bits per heavy atom. The lowest BCUT2D eigenvalue weighted by Gasteiger charge is -2.25. The van der Waals surface area contributed by atoms with Crippen LogP contribution in [0.25, 0.3) is 5.76 Å². The van der Waals surface area contributed by atoms with Gasteiger partial charge in [0.15, 0.2) is 0 Å². The molecule has 0 aromatic heterocycles. The topological polar surface area (TPSA) is 71.3 Å². The molecule has 6 nitrogen and oxygen atoms in total. The number of hydrogen-bond acceptors (Lipinski definition) is 4. The minimum Gasteiger partial charge on any atom is -0.507 e. The first kappa shape index (κ1) is 23.8. The number of likely N-dealkylation sites (N-methyl/N-ethyl adjacent to an activating group) is 1. The first-order chi connectivity index (χ1) is 15.2. The molecule has 1 aliphatic rings. The van der Waals surface area contributed by atoms with Gasteiger partial charge in [-0.15, -0.1) is 0 Å². The third-order valence-electron chi connectivity index (χ3n) is 5.49. The van der Waals surface area contributed by atoms with E-state index in [4.69, 9.17) is 16.3 Å². The lowest BCUT2D eigenvalue weighted by molar-refractivity contribution is -0.857. The molecule has 0 radical (unpaired) electrons. The van der Waals surface area contributed by atoms with Crippen molar-refractivity contribution in [2.75, 3.05) is 33.8 Å². The van der Waals surface area contributed by atoms with Gasteiger partial charge in [-0.2, -0.15) is 0 Å². The average Bonchev–Trinajstić information content (AvgIpc) is 3.01. The van der Waals surface area contributed by atoms with E-state index in [0.717, 1.165) is 28.2 Å². The van der Waals surface area contributed by atoms with Crippen LogP contribution in [0, 0.1) is 6.92 Å². The summed E-state index contributed by atoms with van der Waals surface area (Å²) in [4.78, 5) is 28.7. The molecule has 2 N–H and O–H groups in total. The van der Waals surface area contributed by atoms with E-state index in [-0.39, 0.29) is 11.3 Å². The molecule has 0 aliphatic carbocycles. The van der Waals surface area contributed by atoms with Crippen molar-refractivity contribution in [3.63, 3.8) is 0 Å². The van der Waals surface area contributed by atoms with E-state index < -0.39 is 17.7 Å². The molecule has 3 rings (SSSR count). The minimum atomic E-state index is -0.680. The molecule has 0 bridgehead atoms. The van der Waals surface area contributed by atoms with Gasteiger partial charge in [-0.25, -0.2) is 0 Å². The van der Waals surface area contributed by atoms with Gasteiger partial charge in [-0.3, -0.25) is 9.59 Å². The molecule has 1 saturated heterocycles. The van der Waals surface area contributed by atoms with Crippen LogP contribution >= 0.6 is 11.6 Å². The Balaban J connectivity index is 2.09. The van der Waals surface area contributed by atoms with Gasteiger partial charge in [0.25, 0.3) is 11.7 Å². The van der Waals surface area contributed by atoms with Crippen molar-refractivity contribution >= 4 is 29.1 Å². The van der Waals surface area contributed by atoms with Gasteiger partial charge in [0, 0.05) is 10.6 Å². The van der Waals surface area contributed by atoms with Crippen LogP contribution in [0.5, 0.6) is 5.75 Å². The highest BCUT2D eigenvalue weighted by Gasteiger charge is 2.46. The van der Waals surface area contributed by atoms with Crippen molar-refractivity contribution in [3.05, 3.63) is 69.8 Å². The van der Waals surface area contributed by atoms with Crippen molar-refractivity contribution < 1.29 is 24.3 Å². The predicted octanol–water partition coefficient (Wildman–Crippen LogP) is 3.00. The highest BCUT2D eigenvalue weighted by atomic mass is 35.5. The molecule has 170 valence electrons. The first-order valence-electron chi connectivity index (χ1n) is 10.8. The molecule has 1 amide bonds. The number of ketones is 1. The molecule has 1 aliphatic heterocycles. The number of benzene rings is 2. The fourth-order valence-corrected chi connectivity index (χ4v) is 3.90. The van der Waals surface area contributed by atoms with Crippen LogP contribution in [-0.2, 0) is 9.59 Å². The second kappa shape index (κ2) is 10.2. The summed E-state index contributed by atoms with van der Waals surface area (Å²) in [6.07, 6.45) is 0.889. The van der Waals surface area contributed by atoms with E-state index in [1.165, 1.54) is 4.90 Å². The molecular weight excluding hydrogens is 428 g/mol. The van der Waals surface area contributed by atoms with Crippen LogP contribution in [0.2, 0.25) is 5.02 Å². The summed E-state index contributed by atoms with van der Waals surface area (Å²) in [5.74, 6) is -0.743. The molecule has 1 fully saturated rings. The summed E-state index contributed by atoms with van der Waals surface area (Å²) in [7, 11) is 3.97. The molecule has 32 heavy (non-hydrogen) atoms. The maximum absolute atomic E-state index is 13.1. The van der Waals surface area contributed by atoms with Crippen molar-refractivity contribution in [1.29, 1.82) is 0 Å². The van der Waals surface area contributed by atoms with E-state index in [9.17, 15) is 14.7 Å². The van der Waals surface area contributed by atoms with Gasteiger partial charge in [-0.05, 0) is 54.8 Å². The largest absolute Gasteiger partial charge is 0.507 e. The summed E-state index contributed by atoms with van der Waals surface area (Å²) >= 11 is 6.05. The SMILES string of the molecule is CCCOc1ccc(C(O)=C2C(=O)C(=O)N(CC[NH+](C)C)[C@@H]2c2ccc(Cl)cc2)cc1C. The fraction of sp³-hybridized carbons (Fsp3) is 0.360. The lowest BCUT2D eigenvalue weighted by atomic mass is 9.95. The van der Waals surface area contributed by atoms with E-state index in [2.05, 4.69) is 0 Å². The van der Waals surface area contributed by atoms with Gasteiger partial charge in [-0.1, -0.05) is 30.7 Å². The number of quaternary nitrogens is 1. The summed E-state index contributed by atoms with van der Waals surface area (Å²) in [5.41, 5.74) is 2.13. The molecule has 1 heterocycles. The molecule has 2 aromatic carbocycles. The van der Waals surface area contributed by atoms with Crippen molar-refractivity contribution in [2.45, 2.75) is 26.3 Å². The van der Waals surface area contributed by atoms with Crippen molar-refractivity contribution in [2.24, 2.45) is 0 Å². The van der Waals surface area contributed by atoms with E-state index in [1.54, 1.807) is 42.5 Å². The zero-order chi connectivity index (χ0) is 23.4. The molecule has 0 saturated carbocycles. The Labute approximate surface area is 194 Å². The van der Waals surface area contributed by atoms with E-state index in [1.807, 2.05) is 27.9 Å². The van der Waals surface area contributed by atoms with Crippen LogP contribution in [0.1, 0.15) is 36.1 Å². The van der Waals surface area contributed by atoms with Crippen molar-refractivity contribution in [3.8, 4) is 5.75 Å². The second-order valence-electron chi connectivity index (χ2n) is 8.33. The Kier molecular flexibility index (Phi) is 7.59. The number of Topliss-reactive ketones (excluding diaryl/α,β-unsaturated/α-hetero) is 1. The molecule has 0 unspecified atom stereocenters. The minimum absolute atomic E-state index is 0.0905. The van der Waals surface area contributed by atoms with E-state index >= 15 is 0 Å². The number of nitrogens with one attached hydrogen (secondary N) is 1. The van der Waals surface area contributed by atoms with Crippen LogP contribution < -0.4 is 9.64 Å². The van der Waals surface area contributed by atoms with Gasteiger partial charge in [0.05, 0.1) is 45.4 Å². The normalized spacial score (nSPS) is 17.9. The highest BCUT2D eigenvalue weighted by Crippen LogP contribution is 2.39. The molecule has 0 spiro atoms. The number of halogens is 1. The summed E-state index contributed by atoms with van der Waals surface area (Å²) in [6, 6.07) is 11.6. The molecule has 7 heteroatoms. The number of aliphatic hydroxyl groups excluding tert-OH is 1. The Bertz CT molecular complexity index is 1030. The smallest absolute Gasteiger partial charge is 0.295 e. The number of aliphatic hydroxyl groups is 1. The van der Waals surface area contributed by atoms with Crippen LogP contribution in [0.15, 0.2) is 48.0 Å². The number of amides is 1. The first-order valence-corrected chi connectivity index (χ1v) is 11.2. The molecule has 2 aromatic rings. The van der Waals surface area contributed by atoms with Crippen LogP contribution in [0.3, 0.4) is 0 Å². The number of hydrogen-bond donors (Lipinski definition) is 2. The Morgan fingerprint density at radius 3 is 2.44 bits per heavy atom. The Morgan fingerprint density at radius 2 is 1.84 bits per heavy atom. The van der Waals surface area contributed by atoms with Gasteiger partial charge < -0.3 is 19.6 Å². The van der Waals surface area contributed by atoms with Crippen LogP contribution in [0.4, 0.5) is 0 Å². The van der Waals surface area contributed by atoms with Crippen molar-refractivity contribution in [1.82, 2.24) is 4.90 Å². The summed E-state index contributed by atoms with van der Waals surface area (Å²) in [5, 5.41) is 11.7. The number of nitrogens with zero attached hydrogens (tertiary/aromatic N) is 1. The highest BCUT2D eigenvalue weighted by molar-refractivity contribution is 6.46. The summed E-state index contributed by atoms with van der Waals surface area (Å²) < 4.78 is 5.72. The quantitative estimate of drug-likeness (QED) is 0.363. The third kappa shape index (κ3) is 4.97. The van der Waals surface area contributed by atoms with Gasteiger partial charge in [0.2, 0.25) is 0 Å². The Hall–Kier alpha value is -2.83. The number of ether oxygens (including phenoxy) is 1. The van der Waals surface area contributed by atoms with Gasteiger partial charge in [0.1, 0.15) is 11.5 Å².